The Morgan fingerprint density at radius 3 is 2.82 bits per heavy atom. The number of nitrogens with one attached hydrogen (secondary N) is 1. The number of carbonyl (C=O) groups excluding carboxylic acids is 1. The van der Waals surface area contributed by atoms with Crippen molar-refractivity contribution in [3.63, 3.8) is 0 Å². The molecule has 5 heteroatoms. The molecular weight excluding hydrogens is 294 g/mol. The zero-order valence-corrected chi connectivity index (χ0v) is 14.1. The van der Waals surface area contributed by atoms with Crippen LogP contribution >= 0.6 is 11.8 Å². The van der Waals surface area contributed by atoms with Crippen molar-refractivity contribution in [2.24, 2.45) is 0 Å². The summed E-state index contributed by atoms with van der Waals surface area (Å²) in [7, 11) is 0. The van der Waals surface area contributed by atoms with Gasteiger partial charge >= 0.3 is 0 Å². The second-order valence-corrected chi connectivity index (χ2v) is 7.14. The Bertz CT molecular complexity index is 516. The maximum Gasteiger partial charge on any atom is 0.232 e. The number of hydrogen-bond donors (Lipinski definition) is 1. The van der Waals surface area contributed by atoms with E-state index in [0.717, 1.165) is 45.7 Å². The third-order valence-electron chi connectivity index (χ3n) is 4.63. The fourth-order valence-electron chi connectivity index (χ4n) is 3.26. The maximum atomic E-state index is 12.4. The topological polar surface area (TPSA) is 35.6 Å². The van der Waals surface area contributed by atoms with Gasteiger partial charge in [0.05, 0.1) is 5.75 Å². The minimum atomic E-state index is 0.283. The Labute approximate surface area is 137 Å². The zero-order chi connectivity index (χ0) is 15.4. The maximum absolute atomic E-state index is 12.4. The third-order valence-corrected chi connectivity index (χ3v) is 5.79. The molecule has 2 heterocycles. The van der Waals surface area contributed by atoms with Crippen molar-refractivity contribution < 1.29 is 4.79 Å². The lowest BCUT2D eigenvalue weighted by molar-refractivity contribution is -0.127. The lowest BCUT2D eigenvalue weighted by Gasteiger charge is -2.32. The van der Waals surface area contributed by atoms with Crippen LogP contribution < -0.4 is 5.32 Å². The van der Waals surface area contributed by atoms with Crippen molar-refractivity contribution in [1.82, 2.24) is 15.1 Å². The smallest absolute Gasteiger partial charge is 0.232 e. The quantitative estimate of drug-likeness (QED) is 0.855. The van der Waals surface area contributed by atoms with Gasteiger partial charge in [0.15, 0.2) is 0 Å². The SMILES string of the molecule is Cc1ccccc1SCC(=O)N1CCC(N2CCNCC2)C1. The van der Waals surface area contributed by atoms with Gasteiger partial charge in [-0.2, -0.15) is 0 Å². The van der Waals surface area contributed by atoms with E-state index in [9.17, 15) is 4.79 Å². The van der Waals surface area contributed by atoms with Crippen LogP contribution in [-0.4, -0.2) is 66.8 Å². The molecule has 0 aromatic heterocycles. The molecule has 3 rings (SSSR count). The predicted molar refractivity (Wildman–Crippen MR) is 91.3 cm³/mol. The van der Waals surface area contributed by atoms with Crippen LogP contribution in [0.4, 0.5) is 0 Å². The number of amides is 1. The molecule has 4 nitrogen and oxygen atoms in total. The first kappa shape index (κ1) is 15.8. The molecule has 120 valence electrons. The summed E-state index contributed by atoms with van der Waals surface area (Å²) in [5, 5.41) is 3.39. The van der Waals surface area contributed by atoms with Crippen molar-refractivity contribution in [3.05, 3.63) is 29.8 Å². The van der Waals surface area contributed by atoms with Gasteiger partial charge in [-0.05, 0) is 25.0 Å². The summed E-state index contributed by atoms with van der Waals surface area (Å²) >= 11 is 1.66. The number of benzene rings is 1. The first-order valence-corrected chi connectivity index (χ1v) is 9.13. The lowest BCUT2D eigenvalue weighted by atomic mass is 10.2. The Morgan fingerprint density at radius 2 is 2.05 bits per heavy atom. The second-order valence-electron chi connectivity index (χ2n) is 6.12. The highest BCUT2D eigenvalue weighted by atomic mass is 32.2. The molecule has 0 spiro atoms. The minimum Gasteiger partial charge on any atom is -0.340 e. The molecule has 2 fully saturated rings. The van der Waals surface area contributed by atoms with Gasteiger partial charge in [0.25, 0.3) is 0 Å². The number of aryl methyl sites for hydroxylation is 1. The average Bonchev–Trinajstić information content (AvgIpc) is 3.05. The highest BCUT2D eigenvalue weighted by Gasteiger charge is 2.30. The van der Waals surface area contributed by atoms with E-state index in [1.54, 1.807) is 11.8 Å². The van der Waals surface area contributed by atoms with Gasteiger partial charge in [-0.3, -0.25) is 9.69 Å². The summed E-state index contributed by atoms with van der Waals surface area (Å²) in [6.45, 7) is 8.31. The number of nitrogens with zero attached hydrogens (tertiary/aromatic N) is 2. The molecule has 1 aromatic carbocycles. The first-order chi connectivity index (χ1) is 10.7. The Balaban J connectivity index is 1.48. The molecule has 2 aliphatic rings. The fraction of sp³-hybridized carbons (Fsp3) is 0.588. The van der Waals surface area contributed by atoms with Crippen molar-refractivity contribution >= 4 is 17.7 Å². The lowest BCUT2D eigenvalue weighted by Crippen LogP contribution is -2.49. The highest BCUT2D eigenvalue weighted by Crippen LogP contribution is 2.23. The first-order valence-electron chi connectivity index (χ1n) is 8.15. The second kappa shape index (κ2) is 7.49. The van der Waals surface area contributed by atoms with Crippen molar-refractivity contribution in [2.75, 3.05) is 45.0 Å². The molecule has 0 bridgehead atoms. The van der Waals surface area contributed by atoms with E-state index >= 15 is 0 Å². The predicted octanol–water partition coefficient (Wildman–Crippen LogP) is 1.59. The number of thioether (sulfide) groups is 1. The fourth-order valence-corrected chi connectivity index (χ4v) is 4.19. The van der Waals surface area contributed by atoms with E-state index in [-0.39, 0.29) is 5.91 Å². The standard InChI is InChI=1S/C17H25N3OS/c1-14-4-2-3-5-16(14)22-13-17(21)20-9-6-15(12-20)19-10-7-18-8-11-19/h2-5,15,18H,6-13H2,1H3. The van der Waals surface area contributed by atoms with Crippen molar-refractivity contribution in [3.8, 4) is 0 Å². The molecule has 1 N–H and O–H groups in total. The molecular formula is C17H25N3OS. The zero-order valence-electron chi connectivity index (χ0n) is 13.3. The molecule has 2 saturated heterocycles. The van der Waals surface area contributed by atoms with E-state index in [0.29, 0.717) is 11.8 Å². The third kappa shape index (κ3) is 3.83. The van der Waals surface area contributed by atoms with Gasteiger partial charge in [0.2, 0.25) is 5.91 Å². The van der Waals surface area contributed by atoms with Crippen LogP contribution in [0.15, 0.2) is 29.2 Å². The largest absolute Gasteiger partial charge is 0.340 e. The Morgan fingerprint density at radius 1 is 1.27 bits per heavy atom. The number of piperazine rings is 1. The molecule has 0 radical (unpaired) electrons. The molecule has 1 aromatic rings. The Kier molecular flexibility index (Phi) is 5.39. The van der Waals surface area contributed by atoms with Gasteiger partial charge in [0.1, 0.15) is 0 Å². The number of rotatable bonds is 4. The number of carbonyl (C=O) groups is 1. The van der Waals surface area contributed by atoms with Crippen LogP contribution in [0.5, 0.6) is 0 Å². The molecule has 0 saturated carbocycles. The summed E-state index contributed by atoms with van der Waals surface area (Å²) in [4.78, 5) is 18.2. The van der Waals surface area contributed by atoms with Crippen LogP contribution in [0.2, 0.25) is 0 Å². The average molecular weight is 319 g/mol. The van der Waals surface area contributed by atoms with E-state index in [1.165, 1.54) is 10.5 Å². The molecule has 1 amide bonds. The van der Waals surface area contributed by atoms with Crippen LogP contribution in [0.1, 0.15) is 12.0 Å². The normalized spacial score (nSPS) is 23.0. The summed E-state index contributed by atoms with van der Waals surface area (Å²) in [5.74, 6) is 0.838. The highest BCUT2D eigenvalue weighted by molar-refractivity contribution is 8.00. The van der Waals surface area contributed by atoms with Gasteiger partial charge in [0, 0.05) is 50.2 Å². The Hall–Kier alpha value is -1.04. The summed E-state index contributed by atoms with van der Waals surface area (Å²) in [5.41, 5.74) is 1.25. The van der Waals surface area contributed by atoms with Crippen LogP contribution in [-0.2, 0) is 4.79 Å². The van der Waals surface area contributed by atoms with Gasteiger partial charge in [-0.15, -0.1) is 11.8 Å². The van der Waals surface area contributed by atoms with Crippen LogP contribution in [0.3, 0.4) is 0 Å². The molecule has 1 unspecified atom stereocenters. The molecule has 22 heavy (non-hydrogen) atoms. The van der Waals surface area contributed by atoms with E-state index in [4.69, 9.17) is 0 Å². The molecule has 0 aliphatic carbocycles. The van der Waals surface area contributed by atoms with Crippen LogP contribution in [0.25, 0.3) is 0 Å². The summed E-state index contributed by atoms with van der Waals surface area (Å²) in [6.07, 6.45) is 1.13. The number of likely N-dealkylation sites (tertiary alicyclic amines) is 1. The van der Waals surface area contributed by atoms with Gasteiger partial charge in [-0.25, -0.2) is 0 Å². The van der Waals surface area contributed by atoms with Crippen LogP contribution in [0, 0.1) is 6.92 Å². The van der Waals surface area contributed by atoms with Gasteiger partial charge < -0.3 is 10.2 Å². The van der Waals surface area contributed by atoms with Gasteiger partial charge in [-0.1, -0.05) is 18.2 Å². The van der Waals surface area contributed by atoms with E-state index in [2.05, 4.69) is 34.2 Å². The minimum absolute atomic E-state index is 0.283. The summed E-state index contributed by atoms with van der Waals surface area (Å²) < 4.78 is 0. The monoisotopic (exact) mass is 319 g/mol. The summed E-state index contributed by atoms with van der Waals surface area (Å²) in [6, 6.07) is 8.84. The van der Waals surface area contributed by atoms with Crippen molar-refractivity contribution in [2.45, 2.75) is 24.3 Å². The molecule has 2 aliphatic heterocycles. The van der Waals surface area contributed by atoms with E-state index < -0.39 is 0 Å². The number of hydrogen-bond acceptors (Lipinski definition) is 4. The van der Waals surface area contributed by atoms with Crippen molar-refractivity contribution in [1.29, 1.82) is 0 Å². The van der Waals surface area contributed by atoms with E-state index in [1.807, 2.05) is 12.1 Å². The molecule has 1 atom stereocenters.